The Morgan fingerprint density at radius 2 is 1.81 bits per heavy atom. The molecule has 7 nitrogen and oxygen atoms in total. The maximum atomic E-state index is 14.2. The van der Waals surface area contributed by atoms with Crippen LogP contribution in [0, 0.1) is 0 Å². The van der Waals surface area contributed by atoms with Crippen molar-refractivity contribution in [2.75, 3.05) is 18.0 Å². The average molecular weight is 518 g/mol. The van der Waals surface area contributed by atoms with Crippen LogP contribution in [-0.2, 0) is 10.9 Å². The van der Waals surface area contributed by atoms with E-state index in [-0.39, 0.29) is 54.9 Å². The number of ether oxygens (including phenoxy) is 1. The largest absolute Gasteiger partial charge is 0.444 e. The molecule has 3 heterocycles. The molecule has 1 saturated heterocycles. The number of carbonyl (C=O) groups is 1. The van der Waals surface area contributed by atoms with E-state index in [0.717, 1.165) is 6.20 Å². The fraction of sp³-hybridized carbons (Fsp3) is 0.708. The van der Waals surface area contributed by atoms with E-state index in [2.05, 4.69) is 9.97 Å². The third kappa shape index (κ3) is 5.22. The second-order valence-electron chi connectivity index (χ2n) is 10.9. The van der Waals surface area contributed by atoms with Crippen molar-refractivity contribution in [2.45, 2.75) is 96.1 Å². The number of piperazine rings is 1. The molecule has 0 aromatic carbocycles. The molecule has 2 fully saturated rings. The Hall–Kier alpha value is -2.66. The van der Waals surface area contributed by atoms with Crippen molar-refractivity contribution in [3.05, 3.63) is 18.1 Å². The maximum absolute atomic E-state index is 14.2. The summed E-state index contributed by atoms with van der Waals surface area (Å²) in [5.74, 6) is -2.85. The van der Waals surface area contributed by atoms with E-state index < -0.39 is 41.8 Å². The summed E-state index contributed by atoms with van der Waals surface area (Å²) < 4.78 is 77.6. The highest BCUT2D eigenvalue weighted by Gasteiger charge is 2.43. The molecule has 1 saturated carbocycles. The number of aromatic nitrogens is 3. The maximum Gasteiger partial charge on any atom is 0.418 e. The van der Waals surface area contributed by atoms with E-state index in [9.17, 15) is 26.7 Å². The van der Waals surface area contributed by atoms with Gasteiger partial charge in [-0.3, -0.25) is 0 Å². The van der Waals surface area contributed by atoms with Gasteiger partial charge in [-0.05, 0) is 47.5 Å². The van der Waals surface area contributed by atoms with E-state index in [1.54, 1.807) is 44.4 Å². The number of hydrogen-bond donors (Lipinski definition) is 0. The van der Waals surface area contributed by atoms with Crippen molar-refractivity contribution in [2.24, 2.45) is 0 Å². The molecule has 200 valence electrons. The van der Waals surface area contributed by atoms with Crippen LogP contribution in [-0.4, -0.2) is 62.2 Å². The molecule has 1 amide bonds. The zero-order chi connectivity index (χ0) is 26.6. The van der Waals surface area contributed by atoms with Crippen LogP contribution in [0.25, 0.3) is 11.0 Å². The van der Waals surface area contributed by atoms with Crippen LogP contribution < -0.4 is 4.90 Å². The Balaban J connectivity index is 1.73. The lowest BCUT2D eigenvalue weighted by Gasteiger charge is -2.44. The fourth-order valence-electron chi connectivity index (χ4n) is 5.16. The summed E-state index contributed by atoms with van der Waals surface area (Å²) in [7, 11) is 0. The third-order valence-electron chi connectivity index (χ3n) is 6.79. The van der Waals surface area contributed by atoms with Gasteiger partial charge >= 0.3 is 12.3 Å². The van der Waals surface area contributed by atoms with Gasteiger partial charge in [0.25, 0.3) is 0 Å². The van der Waals surface area contributed by atoms with E-state index in [4.69, 9.17) is 4.74 Å². The standard InChI is InChI=1S/C24H32F5N5O2/c1-14-11-33(21(35)36-22(3,4)5)15(2)10-32(14)19-18-17(24(27,28)29)12-34(20(18)31-13-30-19)16-7-6-8-23(25,26)9-16/h12-16H,6-11H2,1-5H3. The molecule has 3 unspecified atom stereocenters. The SMILES string of the molecule is CC1CN(c2ncnc3c2c(C(F)(F)F)cn3C2CCCC(F)(F)C2)C(C)CN1C(=O)OC(C)(C)C. The van der Waals surface area contributed by atoms with Gasteiger partial charge in [0.05, 0.1) is 10.9 Å². The van der Waals surface area contributed by atoms with Crippen LogP contribution >= 0.6 is 0 Å². The molecular formula is C24H32F5N5O2. The number of hydrogen-bond acceptors (Lipinski definition) is 5. The van der Waals surface area contributed by atoms with Gasteiger partial charge in [-0.1, -0.05) is 0 Å². The highest BCUT2D eigenvalue weighted by molar-refractivity contribution is 5.92. The summed E-state index contributed by atoms with van der Waals surface area (Å²) in [6.45, 7) is 9.31. The predicted molar refractivity (Wildman–Crippen MR) is 124 cm³/mol. The zero-order valence-corrected chi connectivity index (χ0v) is 21.1. The number of carbonyl (C=O) groups excluding carboxylic acids is 1. The Labute approximate surface area is 206 Å². The quantitative estimate of drug-likeness (QED) is 0.455. The number of nitrogens with zero attached hydrogens (tertiary/aromatic N) is 5. The number of anilines is 1. The summed E-state index contributed by atoms with van der Waals surface area (Å²) in [6, 6.07) is -1.54. The van der Waals surface area contributed by atoms with Crippen LogP contribution in [0.15, 0.2) is 12.5 Å². The van der Waals surface area contributed by atoms with Crippen molar-refractivity contribution in [1.82, 2.24) is 19.4 Å². The van der Waals surface area contributed by atoms with Gasteiger partial charge in [-0.25, -0.2) is 23.5 Å². The summed E-state index contributed by atoms with van der Waals surface area (Å²) >= 11 is 0. The lowest BCUT2D eigenvalue weighted by atomic mass is 9.92. The molecule has 2 aromatic heterocycles. The Morgan fingerprint density at radius 1 is 1.11 bits per heavy atom. The minimum Gasteiger partial charge on any atom is -0.444 e. The van der Waals surface area contributed by atoms with Crippen LogP contribution in [0.4, 0.5) is 32.6 Å². The first-order valence-electron chi connectivity index (χ1n) is 12.1. The molecule has 4 rings (SSSR count). The van der Waals surface area contributed by atoms with Gasteiger partial charge in [0.15, 0.2) is 0 Å². The molecule has 0 bridgehead atoms. The van der Waals surface area contributed by atoms with E-state index in [0.29, 0.717) is 6.42 Å². The molecule has 0 spiro atoms. The normalized spacial score (nSPS) is 25.3. The highest BCUT2D eigenvalue weighted by atomic mass is 19.4. The lowest BCUT2D eigenvalue weighted by molar-refractivity contribution is -0.136. The Kier molecular flexibility index (Phi) is 6.62. The first-order chi connectivity index (χ1) is 16.6. The lowest BCUT2D eigenvalue weighted by Crippen LogP contribution is -2.59. The monoisotopic (exact) mass is 517 g/mol. The smallest absolute Gasteiger partial charge is 0.418 e. The van der Waals surface area contributed by atoms with Crippen molar-refractivity contribution in [1.29, 1.82) is 0 Å². The average Bonchev–Trinajstić information content (AvgIpc) is 3.13. The van der Waals surface area contributed by atoms with E-state index >= 15 is 0 Å². The number of halogens is 5. The molecule has 12 heteroatoms. The summed E-state index contributed by atoms with van der Waals surface area (Å²) in [5.41, 5.74) is -1.64. The molecule has 2 aliphatic rings. The van der Waals surface area contributed by atoms with Crippen molar-refractivity contribution < 1.29 is 31.5 Å². The van der Waals surface area contributed by atoms with Crippen molar-refractivity contribution in [3.8, 4) is 0 Å². The third-order valence-corrected chi connectivity index (χ3v) is 6.79. The summed E-state index contributed by atoms with van der Waals surface area (Å²) in [5, 5.41) is -0.205. The topological polar surface area (TPSA) is 63.5 Å². The van der Waals surface area contributed by atoms with Gasteiger partial charge in [-0.15, -0.1) is 0 Å². The zero-order valence-electron chi connectivity index (χ0n) is 21.1. The minimum atomic E-state index is -4.73. The number of alkyl halides is 5. The highest BCUT2D eigenvalue weighted by Crippen LogP contribution is 2.45. The summed E-state index contributed by atoms with van der Waals surface area (Å²) in [4.78, 5) is 24.3. The van der Waals surface area contributed by atoms with Gasteiger partial charge in [0.2, 0.25) is 5.92 Å². The second-order valence-corrected chi connectivity index (χ2v) is 10.9. The molecule has 0 radical (unpaired) electrons. The fourth-order valence-corrected chi connectivity index (χ4v) is 5.16. The molecule has 36 heavy (non-hydrogen) atoms. The van der Waals surface area contributed by atoms with Crippen LogP contribution in [0.2, 0.25) is 0 Å². The molecule has 1 aliphatic heterocycles. The van der Waals surface area contributed by atoms with Crippen LogP contribution in [0.5, 0.6) is 0 Å². The number of amides is 1. The number of rotatable bonds is 2. The van der Waals surface area contributed by atoms with Gasteiger partial charge in [0.1, 0.15) is 23.4 Å². The van der Waals surface area contributed by atoms with Gasteiger partial charge < -0.3 is 19.1 Å². The van der Waals surface area contributed by atoms with E-state index in [1.807, 2.05) is 0 Å². The van der Waals surface area contributed by atoms with Crippen LogP contribution in [0.3, 0.4) is 0 Å². The van der Waals surface area contributed by atoms with Gasteiger partial charge in [0, 0.05) is 50.3 Å². The molecule has 1 aliphatic carbocycles. The molecular weight excluding hydrogens is 485 g/mol. The molecule has 0 N–H and O–H groups in total. The van der Waals surface area contributed by atoms with Crippen LogP contribution in [0.1, 0.15) is 71.9 Å². The van der Waals surface area contributed by atoms with E-state index in [1.165, 1.54) is 10.9 Å². The first-order valence-corrected chi connectivity index (χ1v) is 12.1. The Morgan fingerprint density at radius 3 is 2.42 bits per heavy atom. The van der Waals surface area contributed by atoms with Crippen molar-refractivity contribution in [3.63, 3.8) is 0 Å². The molecule has 2 aromatic rings. The minimum absolute atomic E-state index is 0.00977. The predicted octanol–water partition coefficient (Wildman–Crippen LogP) is 6.03. The second kappa shape index (κ2) is 9.02. The van der Waals surface area contributed by atoms with Crippen molar-refractivity contribution >= 4 is 22.9 Å². The first kappa shape index (κ1) is 26.4. The molecule has 3 atom stereocenters. The summed E-state index contributed by atoms with van der Waals surface area (Å²) in [6.07, 6.45) is -3.38. The van der Waals surface area contributed by atoms with Gasteiger partial charge in [-0.2, -0.15) is 13.2 Å². The number of fused-ring (bicyclic) bond motifs is 1. The Bertz CT molecular complexity index is 1130.